The molecule has 4 heteroatoms. The van der Waals surface area contributed by atoms with Gasteiger partial charge in [0, 0.05) is 23.1 Å². The summed E-state index contributed by atoms with van der Waals surface area (Å²) < 4.78 is 23.9. The van der Waals surface area contributed by atoms with Crippen LogP contribution in [0, 0.1) is 12.7 Å². The Morgan fingerprint density at radius 1 is 0.789 bits per heavy atom. The van der Waals surface area contributed by atoms with Gasteiger partial charge in [0.05, 0.1) is 10.9 Å². The average molecular weight is 502 g/mol. The highest BCUT2D eigenvalue weighted by atomic mass is 19.1. The molecule has 0 spiro atoms. The van der Waals surface area contributed by atoms with Crippen molar-refractivity contribution in [3.63, 3.8) is 0 Å². The second-order valence-electron chi connectivity index (χ2n) is 11.0. The molecule has 0 radical (unpaired) electrons. The van der Waals surface area contributed by atoms with E-state index in [-0.39, 0.29) is 16.9 Å². The van der Waals surface area contributed by atoms with Crippen LogP contribution in [0.1, 0.15) is 31.9 Å². The smallest absolute Gasteiger partial charge is 0.228 e. The zero-order valence-electron chi connectivity index (χ0n) is 22.3. The number of rotatable bonds is 3. The SMILES string of the molecule is Cc1ccc2c(oc3nc(-c4ccc(-c5cccc(C(C)(C)C)c5)cc4)c(F)cc32)c1-c1cccc[n+]1C. The van der Waals surface area contributed by atoms with Crippen molar-refractivity contribution >= 4 is 22.1 Å². The minimum atomic E-state index is -0.366. The van der Waals surface area contributed by atoms with Crippen molar-refractivity contribution < 1.29 is 13.4 Å². The van der Waals surface area contributed by atoms with E-state index in [0.717, 1.165) is 38.9 Å². The van der Waals surface area contributed by atoms with Crippen molar-refractivity contribution in [3.05, 3.63) is 108 Å². The first-order valence-electron chi connectivity index (χ1n) is 12.9. The number of hydrogen-bond acceptors (Lipinski definition) is 2. The molecule has 0 amide bonds. The molecule has 0 saturated heterocycles. The maximum absolute atomic E-state index is 15.5. The number of aromatic nitrogens is 2. The van der Waals surface area contributed by atoms with Crippen LogP contribution in [0.15, 0.2) is 95.5 Å². The number of aryl methyl sites for hydroxylation is 2. The van der Waals surface area contributed by atoms with Crippen LogP contribution in [-0.4, -0.2) is 4.98 Å². The summed E-state index contributed by atoms with van der Waals surface area (Å²) in [6.45, 7) is 8.69. The van der Waals surface area contributed by atoms with Crippen LogP contribution in [-0.2, 0) is 12.5 Å². The van der Waals surface area contributed by atoms with Crippen LogP contribution < -0.4 is 4.57 Å². The molecule has 0 saturated carbocycles. The largest absolute Gasteiger partial charge is 0.437 e. The minimum absolute atomic E-state index is 0.0707. The molecule has 38 heavy (non-hydrogen) atoms. The van der Waals surface area contributed by atoms with Gasteiger partial charge < -0.3 is 4.42 Å². The zero-order valence-corrected chi connectivity index (χ0v) is 22.3. The highest BCUT2D eigenvalue weighted by Gasteiger charge is 2.22. The summed E-state index contributed by atoms with van der Waals surface area (Å²) in [7, 11) is 2.01. The summed E-state index contributed by atoms with van der Waals surface area (Å²) in [6, 6.07) is 28.1. The van der Waals surface area contributed by atoms with Gasteiger partial charge in [-0.15, -0.1) is 0 Å². The topological polar surface area (TPSA) is 29.9 Å². The Labute approximate surface area is 222 Å². The van der Waals surface area contributed by atoms with Crippen molar-refractivity contribution in [3.8, 4) is 33.6 Å². The molecule has 0 unspecified atom stereocenters. The lowest BCUT2D eigenvalue weighted by Crippen LogP contribution is -2.30. The summed E-state index contributed by atoms with van der Waals surface area (Å²) >= 11 is 0. The second-order valence-corrected chi connectivity index (χ2v) is 11.0. The summed E-state index contributed by atoms with van der Waals surface area (Å²) in [5, 5.41) is 1.54. The third-order valence-corrected chi connectivity index (χ3v) is 7.33. The molecule has 0 aliphatic heterocycles. The molecule has 0 N–H and O–H groups in total. The van der Waals surface area contributed by atoms with Gasteiger partial charge in [-0.3, -0.25) is 0 Å². The molecule has 0 fully saturated rings. The summed E-state index contributed by atoms with van der Waals surface area (Å²) in [5.74, 6) is -0.366. The van der Waals surface area contributed by atoms with Crippen LogP contribution in [0.25, 0.3) is 55.7 Å². The molecule has 3 aromatic heterocycles. The quantitative estimate of drug-likeness (QED) is 0.227. The van der Waals surface area contributed by atoms with E-state index < -0.39 is 0 Å². The van der Waals surface area contributed by atoms with Crippen molar-refractivity contribution in [1.82, 2.24) is 4.98 Å². The third kappa shape index (κ3) is 4.06. The van der Waals surface area contributed by atoms with Gasteiger partial charge in [-0.05, 0) is 46.7 Å². The van der Waals surface area contributed by atoms with E-state index in [1.165, 1.54) is 5.56 Å². The molecule has 0 atom stereocenters. The Morgan fingerprint density at radius 3 is 2.29 bits per heavy atom. The number of fused-ring (bicyclic) bond motifs is 3. The first-order chi connectivity index (χ1) is 18.2. The van der Waals surface area contributed by atoms with Crippen molar-refractivity contribution in [1.29, 1.82) is 0 Å². The fourth-order valence-electron chi connectivity index (χ4n) is 5.13. The second kappa shape index (κ2) is 8.91. The number of benzene rings is 3. The van der Waals surface area contributed by atoms with Gasteiger partial charge in [0.25, 0.3) is 0 Å². The molecule has 0 aliphatic carbocycles. The van der Waals surface area contributed by atoms with Gasteiger partial charge in [-0.25, -0.2) is 13.9 Å². The molecular formula is C34H30FN2O+. The normalized spacial score (nSPS) is 11.9. The Hall–Kier alpha value is -4.31. The average Bonchev–Trinajstić information content (AvgIpc) is 3.26. The molecule has 0 aliphatic rings. The van der Waals surface area contributed by atoms with E-state index in [9.17, 15) is 0 Å². The lowest BCUT2D eigenvalue weighted by atomic mass is 9.85. The van der Waals surface area contributed by atoms with E-state index in [0.29, 0.717) is 16.7 Å². The van der Waals surface area contributed by atoms with Gasteiger partial charge >= 0.3 is 0 Å². The monoisotopic (exact) mass is 501 g/mol. The molecular weight excluding hydrogens is 471 g/mol. The predicted molar refractivity (Wildman–Crippen MR) is 152 cm³/mol. The fraction of sp³-hybridized carbons (Fsp3) is 0.176. The lowest BCUT2D eigenvalue weighted by molar-refractivity contribution is -0.660. The standard InChI is InChI=1S/C34H30FN2O/c1-21-12-17-26-27-20-28(35)31(36-33(27)38-32(26)30(21)29-11-6-7-18-37(29)5)23-15-13-22(14-16-23)24-9-8-10-25(19-24)34(2,3)4/h6-20H,1-5H3/q+1. The molecule has 3 nitrogen and oxygen atoms in total. The van der Waals surface area contributed by atoms with Crippen LogP contribution in [0.2, 0.25) is 0 Å². The molecule has 6 rings (SSSR count). The van der Waals surface area contributed by atoms with E-state index in [1.54, 1.807) is 6.07 Å². The number of pyridine rings is 2. The van der Waals surface area contributed by atoms with Gasteiger partial charge in [0.1, 0.15) is 18.6 Å². The van der Waals surface area contributed by atoms with E-state index in [2.05, 4.69) is 73.6 Å². The minimum Gasteiger partial charge on any atom is -0.437 e. The molecule has 6 aromatic rings. The Balaban J connectivity index is 1.44. The Morgan fingerprint density at radius 2 is 1.55 bits per heavy atom. The zero-order chi connectivity index (χ0) is 26.6. The Bertz CT molecular complexity index is 1820. The number of nitrogens with zero attached hydrogens (tertiary/aromatic N) is 2. The van der Waals surface area contributed by atoms with Gasteiger partial charge in [0.2, 0.25) is 11.4 Å². The molecule has 0 bridgehead atoms. The van der Waals surface area contributed by atoms with Crippen LogP contribution in [0.4, 0.5) is 4.39 Å². The number of furan rings is 1. The first kappa shape index (κ1) is 24.1. The van der Waals surface area contributed by atoms with Crippen molar-refractivity contribution in [2.75, 3.05) is 0 Å². The highest BCUT2D eigenvalue weighted by molar-refractivity contribution is 6.09. The summed E-state index contributed by atoms with van der Waals surface area (Å²) in [6.07, 6.45) is 2.01. The van der Waals surface area contributed by atoms with Gasteiger partial charge in [-0.2, -0.15) is 0 Å². The van der Waals surface area contributed by atoms with Gasteiger partial charge in [0.15, 0.2) is 11.8 Å². The van der Waals surface area contributed by atoms with Crippen LogP contribution in [0.5, 0.6) is 0 Å². The van der Waals surface area contributed by atoms with E-state index in [4.69, 9.17) is 4.42 Å². The Kier molecular flexibility index (Phi) is 5.64. The maximum atomic E-state index is 15.5. The number of halogens is 1. The first-order valence-corrected chi connectivity index (χ1v) is 12.9. The van der Waals surface area contributed by atoms with Crippen molar-refractivity contribution in [2.24, 2.45) is 7.05 Å². The molecule has 188 valence electrons. The molecule has 3 heterocycles. The predicted octanol–water partition coefficient (Wildman–Crippen LogP) is 8.55. The number of hydrogen-bond donors (Lipinski definition) is 0. The van der Waals surface area contributed by atoms with E-state index >= 15 is 4.39 Å². The third-order valence-electron chi connectivity index (χ3n) is 7.33. The molecule has 3 aromatic carbocycles. The summed E-state index contributed by atoms with van der Waals surface area (Å²) in [5.41, 5.74) is 8.84. The van der Waals surface area contributed by atoms with Crippen molar-refractivity contribution in [2.45, 2.75) is 33.1 Å². The van der Waals surface area contributed by atoms with Crippen LogP contribution >= 0.6 is 0 Å². The fourth-order valence-corrected chi connectivity index (χ4v) is 5.13. The highest BCUT2D eigenvalue weighted by Crippen LogP contribution is 2.38. The lowest BCUT2D eigenvalue weighted by Gasteiger charge is -2.19. The van der Waals surface area contributed by atoms with Crippen LogP contribution in [0.3, 0.4) is 0 Å². The van der Waals surface area contributed by atoms with Gasteiger partial charge in [-0.1, -0.05) is 81.4 Å². The maximum Gasteiger partial charge on any atom is 0.228 e. The summed E-state index contributed by atoms with van der Waals surface area (Å²) in [4.78, 5) is 4.67. The van der Waals surface area contributed by atoms with E-state index in [1.807, 2.05) is 55.7 Å².